The minimum atomic E-state index is -0.265. The molecule has 0 amide bonds. The van der Waals surface area contributed by atoms with E-state index >= 15 is 0 Å². The van der Waals surface area contributed by atoms with E-state index in [0.29, 0.717) is 6.54 Å². The summed E-state index contributed by atoms with van der Waals surface area (Å²) >= 11 is 1.75. The Labute approximate surface area is 131 Å². The van der Waals surface area contributed by atoms with E-state index in [1.54, 1.807) is 11.3 Å². The predicted octanol–water partition coefficient (Wildman–Crippen LogP) is 3.88. The maximum Gasteiger partial charge on any atom is 0.123 e. The SMILES string of the molecule is CCC(O)CN(C)C(C)c1sc(-c2ccccc2)nc1C. The zero-order chi connectivity index (χ0) is 15.4. The number of likely N-dealkylation sites (N-methyl/N-ethyl adjacent to an activating group) is 1. The molecule has 1 aromatic heterocycles. The van der Waals surface area contributed by atoms with Gasteiger partial charge in [-0.2, -0.15) is 0 Å². The van der Waals surface area contributed by atoms with Crippen LogP contribution in [0.2, 0.25) is 0 Å². The average molecular weight is 304 g/mol. The number of hydrogen-bond acceptors (Lipinski definition) is 4. The number of aryl methyl sites for hydroxylation is 1. The molecule has 1 heterocycles. The van der Waals surface area contributed by atoms with Gasteiger partial charge in [0.05, 0.1) is 11.8 Å². The van der Waals surface area contributed by atoms with E-state index in [2.05, 4.69) is 37.9 Å². The Kier molecular flexibility index (Phi) is 5.51. The first-order valence-electron chi connectivity index (χ1n) is 7.44. The second-order valence-electron chi connectivity index (χ2n) is 5.51. The Morgan fingerprint density at radius 3 is 2.57 bits per heavy atom. The Bertz CT molecular complexity index is 567. The quantitative estimate of drug-likeness (QED) is 0.880. The van der Waals surface area contributed by atoms with Gasteiger partial charge >= 0.3 is 0 Å². The molecule has 1 aromatic carbocycles. The first-order chi connectivity index (χ1) is 10.0. The van der Waals surface area contributed by atoms with Crippen LogP contribution in [0, 0.1) is 6.92 Å². The van der Waals surface area contributed by atoms with Crippen molar-refractivity contribution in [2.45, 2.75) is 39.3 Å². The molecule has 2 aromatic rings. The third-order valence-corrected chi connectivity index (χ3v) is 5.24. The summed E-state index contributed by atoms with van der Waals surface area (Å²) in [5.41, 5.74) is 2.25. The van der Waals surface area contributed by atoms with Crippen LogP contribution in [-0.4, -0.2) is 34.7 Å². The molecule has 4 heteroatoms. The highest BCUT2D eigenvalue weighted by Gasteiger charge is 2.20. The molecule has 1 N–H and O–H groups in total. The van der Waals surface area contributed by atoms with Crippen LogP contribution in [0.15, 0.2) is 30.3 Å². The Hall–Kier alpha value is -1.23. The van der Waals surface area contributed by atoms with Crippen molar-refractivity contribution in [2.24, 2.45) is 0 Å². The lowest BCUT2D eigenvalue weighted by Crippen LogP contribution is -2.30. The summed E-state index contributed by atoms with van der Waals surface area (Å²) in [5, 5.41) is 10.9. The molecule has 0 aliphatic carbocycles. The van der Waals surface area contributed by atoms with E-state index in [4.69, 9.17) is 4.98 Å². The van der Waals surface area contributed by atoms with Crippen LogP contribution in [0.25, 0.3) is 10.6 Å². The van der Waals surface area contributed by atoms with Crippen LogP contribution in [0.1, 0.15) is 36.9 Å². The number of hydrogen-bond donors (Lipinski definition) is 1. The van der Waals surface area contributed by atoms with Crippen LogP contribution in [0.5, 0.6) is 0 Å². The summed E-state index contributed by atoms with van der Waals surface area (Å²) in [5.74, 6) is 0. The summed E-state index contributed by atoms with van der Waals surface area (Å²) in [6.07, 6.45) is 0.521. The molecule has 0 spiro atoms. The van der Waals surface area contributed by atoms with E-state index in [9.17, 15) is 5.11 Å². The van der Waals surface area contributed by atoms with Crippen molar-refractivity contribution >= 4 is 11.3 Å². The third-order valence-electron chi connectivity index (χ3n) is 3.86. The van der Waals surface area contributed by atoms with E-state index < -0.39 is 0 Å². The number of aromatic nitrogens is 1. The van der Waals surface area contributed by atoms with Crippen LogP contribution >= 0.6 is 11.3 Å². The average Bonchev–Trinajstić information content (AvgIpc) is 2.89. The van der Waals surface area contributed by atoms with Gasteiger partial charge < -0.3 is 5.11 Å². The maximum absolute atomic E-state index is 9.82. The number of thiazole rings is 1. The highest BCUT2D eigenvalue weighted by Crippen LogP contribution is 2.33. The Morgan fingerprint density at radius 1 is 1.29 bits per heavy atom. The van der Waals surface area contributed by atoms with Gasteiger partial charge in [-0.15, -0.1) is 11.3 Å². The molecule has 21 heavy (non-hydrogen) atoms. The maximum atomic E-state index is 9.82. The number of benzene rings is 1. The summed E-state index contributed by atoms with van der Waals surface area (Å²) in [6, 6.07) is 10.6. The van der Waals surface area contributed by atoms with Crippen LogP contribution in [0.4, 0.5) is 0 Å². The van der Waals surface area contributed by atoms with Gasteiger partial charge in [0.1, 0.15) is 5.01 Å². The number of aliphatic hydroxyl groups is 1. The van der Waals surface area contributed by atoms with Crippen LogP contribution in [-0.2, 0) is 0 Å². The fourth-order valence-electron chi connectivity index (χ4n) is 2.32. The standard InChI is InChI=1S/C17H24N2OS/c1-5-15(20)11-19(4)13(3)16-12(2)18-17(21-16)14-9-7-6-8-10-14/h6-10,13,15,20H,5,11H2,1-4H3. The molecule has 2 atom stereocenters. The smallest absolute Gasteiger partial charge is 0.123 e. The largest absolute Gasteiger partial charge is 0.392 e. The summed E-state index contributed by atoms with van der Waals surface area (Å²) in [4.78, 5) is 8.19. The zero-order valence-electron chi connectivity index (χ0n) is 13.2. The first kappa shape index (κ1) is 16.1. The van der Waals surface area contributed by atoms with Gasteiger partial charge in [0.25, 0.3) is 0 Å². The van der Waals surface area contributed by atoms with Gasteiger partial charge in [-0.3, -0.25) is 4.90 Å². The van der Waals surface area contributed by atoms with E-state index in [1.807, 2.05) is 25.1 Å². The third kappa shape index (κ3) is 3.90. The van der Waals surface area contributed by atoms with E-state index in [-0.39, 0.29) is 12.1 Å². The molecule has 2 rings (SSSR count). The molecule has 0 radical (unpaired) electrons. The minimum Gasteiger partial charge on any atom is -0.392 e. The van der Waals surface area contributed by atoms with Crippen molar-refractivity contribution < 1.29 is 5.11 Å². The molecule has 0 bridgehead atoms. The Morgan fingerprint density at radius 2 is 1.95 bits per heavy atom. The molecule has 0 fully saturated rings. The topological polar surface area (TPSA) is 36.4 Å². The lowest BCUT2D eigenvalue weighted by atomic mass is 10.2. The molecular formula is C17H24N2OS. The molecular weight excluding hydrogens is 280 g/mol. The zero-order valence-corrected chi connectivity index (χ0v) is 14.0. The lowest BCUT2D eigenvalue weighted by molar-refractivity contribution is 0.105. The van der Waals surface area contributed by atoms with Crippen molar-refractivity contribution in [3.05, 3.63) is 40.9 Å². The predicted molar refractivity (Wildman–Crippen MR) is 89.6 cm³/mol. The van der Waals surface area contributed by atoms with Crippen molar-refractivity contribution in [1.29, 1.82) is 0 Å². The molecule has 2 unspecified atom stereocenters. The molecule has 0 aliphatic heterocycles. The van der Waals surface area contributed by atoms with Crippen molar-refractivity contribution in [3.63, 3.8) is 0 Å². The van der Waals surface area contributed by atoms with Gasteiger partial charge in [-0.05, 0) is 27.3 Å². The second kappa shape index (κ2) is 7.16. The van der Waals surface area contributed by atoms with Gasteiger partial charge in [-0.1, -0.05) is 37.3 Å². The fourth-order valence-corrected chi connectivity index (χ4v) is 3.51. The van der Waals surface area contributed by atoms with E-state index in [1.165, 1.54) is 10.4 Å². The molecule has 0 saturated carbocycles. The van der Waals surface area contributed by atoms with Gasteiger partial charge in [0, 0.05) is 23.0 Å². The lowest BCUT2D eigenvalue weighted by Gasteiger charge is -2.26. The first-order valence-corrected chi connectivity index (χ1v) is 8.25. The number of rotatable bonds is 6. The molecule has 0 aliphatic rings. The van der Waals surface area contributed by atoms with Gasteiger partial charge in [0.2, 0.25) is 0 Å². The van der Waals surface area contributed by atoms with Gasteiger partial charge in [-0.25, -0.2) is 4.98 Å². The number of nitrogens with zero attached hydrogens (tertiary/aromatic N) is 2. The molecule has 114 valence electrons. The fraction of sp³-hybridized carbons (Fsp3) is 0.471. The molecule has 3 nitrogen and oxygen atoms in total. The van der Waals surface area contributed by atoms with E-state index in [0.717, 1.165) is 17.1 Å². The highest BCUT2D eigenvalue weighted by molar-refractivity contribution is 7.15. The summed E-state index contributed by atoms with van der Waals surface area (Å²) in [7, 11) is 2.06. The normalized spacial score (nSPS) is 14.4. The highest BCUT2D eigenvalue weighted by atomic mass is 32.1. The van der Waals surface area contributed by atoms with Crippen molar-refractivity contribution in [2.75, 3.05) is 13.6 Å². The minimum absolute atomic E-state index is 0.265. The number of aliphatic hydroxyl groups excluding tert-OH is 1. The second-order valence-corrected chi connectivity index (χ2v) is 6.54. The summed E-state index contributed by atoms with van der Waals surface area (Å²) in [6.45, 7) is 6.95. The van der Waals surface area contributed by atoms with Crippen LogP contribution < -0.4 is 0 Å². The van der Waals surface area contributed by atoms with Crippen molar-refractivity contribution in [3.8, 4) is 10.6 Å². The summed E-state index contributed by atoms with van der Waals surface area (Å²) < 4.78 is 0. The van der Waals surface area contributed by atoms with Crippen LogP contribution in [0.3, 0.4) is 0 Å². The van der Waals surface area contributed by atoms with Gasteiger partial charge in [0.15, 0.2) is 0 Å². The van der Waals surface area contributed by atoms with Crippen molar-refractivity contribution in [1.82, 2.24) is 9.88 Å². The molecule has 0 saturated heterocycles. The monoisotopic (exact) mass is 304 g/mol. The Balaban J connectivity index is 2.19.